The molecule has 1 unspecified atom stereocenters. The molecule has 20 heavy (non-hydrogen) atoms. The van der Waals surface area contributed by atoms with Crippen LogP contribution in [0.25, 0.3) is 0 Å². The first-order valence-corrected chi connectivity index (χ1v) is 10.8. The number of hydrogen-bond acceptors (Lipinski definition) is 4. The highest BCUT2D eigenvalue weighted by Crippen LogP contribution is 2.52. The zero-order valence-corrected chi connectivity index (χ0v) is 14.8. The maximum atomic E-state index is 12.5. The summed E-state index contributed by atoms with van der Waals surface area (Å²) in [5.74, 6) is 0.0108. The zero-order valence-electron chi connectivity index (χ0n) is 11.7. The first kappa shape index (κ1) is 17.5. The van der Waals surface area contributed by atoms with Gasteiger partial charge in [0.2, 0.25) is 0 Å². The molecule has 0 aliphatic heterocycles. The second kappa shape index (κ2) is 8.00. The van der Waals surface area contributed by atoms with Crippen LogP contribution in [0.5, 0.6) is 5.75 Å². The summed E-state index contributed by atoms with van der Waals surface area (Å²) < 4.78 is 22.9. The standard InChI is InChI=1S/C13H19INO4P/c1-4-18-13(16)12(10(2)3)15-20(14,17)19-11-8-6-5-7-9-11/h5-10,12H,4H2,1-3H3,(H,15,17)/t12-,20?/m0/s1. The Kier molecular flexibility index (Phi) is 6.99. The van der Waals surface area contributed by atoms with Crippen molar-refractivity contribution in [3.05, 3.63) is 30.3 Å². The Morgan fingerprint density at radius 3 is 2.45 bits per heavy atom. The van der Waals surface area contributed by atoms with Gasteiger partial charge >= 0.3 is 11.1 Å². The predicted octanol–water partition coefficient (Wildman–Crippen LogP) is 3.79. The van der Waals surface area contributed by atoms with Crippen LogP contribution in [0, 0.1) is 5.92 Å². The highest BCUT2D eigenvalue weighted by molar-refractivity contribution is 14.2. The van der Waals surface area contributed by atoms with E-state index in [0.29, 0.717) is 5.75 Å². The van der Waals surface area contributed by atoms with Gasteiger partial charge in [0.05, 0.1) is 28.6 Å². The molecule has 0 fully saturated rings. The Bertz CT molecular complexity index is 481. The molecular weight excluding hydrogens is 392 g/mol. The molecule has 2 atom stereocenters. The number of ether oxygens (including phenoxy) is 1. The summed E-state index contributed by atoms with van der Waals surface area (Å²) >= 11 is 1.70. The Morgan fingerprint density at radius 2 is 1.95 bits per heavy atom. The lowest BCUT2D eigenvalue weighted by atomic mass is 10.1. The van der Waals surface area contributed by atoms with Crippen LogP contribution in [0.1, 0.15) is 20.8 Å². The van der Waals surface area contributed by atoms with Crippen LogP contribution in [-0.2, 0) is 14.1 Å². The van der Waals surface area contributed by atoms with Crippen LogP contribution in [0.4, 0.5) is 0 Å². The van der Waals surface area contributed by atoms with Crippen LogP contribution in [0.2, 0.25) is 0 Å². The monoisotopic (exact) mass is 411 g/mol. The van der Waals surface area contributed by atoms with Crippen molar-refractivity contribution >= 4 is 33.2 Å². The molecule has 5 nitrogen and oxygen atoms in total. The molecule has 0 bridgehead atoms. The van der Waals surface area contributed by atoms with Gasteiger partial charge in [0.25, 0.3) is 0 Å². The molecule has 1 N–H and O–H groups in total. The minimum Gasteiger partial charge on any atom is -0.465 e. The molecule has 0 radical (unpaired) electrons. The molecule has 0 heterocycles. The van der Waals surface area contributed by atoms with Crippen molar-refractivity contribution in [1.29, 1.82) is 0 Å². The van der Waals surface area contributed by atoms with Gasteiger partial charge in [-0.2, -0.15) is 0 Å². The number of rotatable bonds is 7. The van der Waals surface area contributed by atoms with Gasteiger partial charge in [0, 0.05) is 0 Å². The number of hydrogen-bond donors (Lipinski definition) is 1. The number of carbonyl (C=O) groups is 1. The van der Waals surface area contributed by atoms with Gasteiger partial charge in [0.15, 0.2) is 0 Å². The van der Waals surface area contributed by atoms with E-state index < -0.39 is 17.2 Å². The number of carbonyl (C=O) groups excluding carboxylic acids is 1. The molecule has 0 spiro atoms. The maximum Gasteiger partial charge on any atom is 0.374 e. The molecular formula is C13H19INO4P. The quantitative estimate of drug-likeness (QED) is 0.420. The van der Waals surface area contributed by atoms with Gasteiger partial charge in [-0.15, -0.1) is 0 Å². The van der Waals surface area contributed by atoms with Crippen LogP contribution in [0.15, 0.2) is 30.3 Å². The highest BCUT2D eigenvalue weighted by Gasteiger charge is 2.32. The Balaban J connectivity index is 2.76. The zero-order chi connectivity index (χ0) is 15.2. The Hall–Kier alpha value is -0.590. The van der Waals surface area contributed by atoms with E-state index in [1.807, 2.05) is 19.9 Å². The van der Waals surface area contributed by atoms with Gasteiger partial charge in [-0.05, 0) is 25.0 Å². The third kappa shape index (κ3) is 5.81. The van der Waals surface area contributed by atoms with Crippen molar-refractivity contribution in [2.75, 3.05) is 6.61 Å². The van der Waals surface area contributed by atoms with Gasteiger partial charge in [-0.1, -0.05) is 32.0 Å². The van der Waals surface area contributed by atoms with Crippen molar-refractivity contribution in [3.8, 4) is 5.75 Å². The molecule has 1 rings (SSSR count). The normalized spacial score (nSPS) is 15.4. The average Bonchev–Trinajstić information content (AvgIpc) is 2.36. The lowest BCUT2D eigenvalue weighted by Crippen LogP contribution is -2.40. The largest absolute Gasteiger partial charge is 0.465 e. The SMILES string of the molecule is CCOC(=O)[C@@H](NP(=O)(I)Oc1ccccc1)C(C)C. The smallest absolute Gasteiger partial charge is 0.374 e. The maximum absolute atomic E-state index is 12.5. The van der Waals surface area contributed by atoms with Gasteiger partial charge < -0.3 is 9.26 Å². The molecule has 1 aromatic rings. The molecule has 1 aromatic carbocycles. The number of para-hydroxylation sites is 1. The first-order chi connectivity index (χ1) is 9.35. The first-order valence-electron chi connectivity index (χ1n) is 6.34. The molecule has 0 saturated heterocycles. The average molecular weight is 411 g/mol. The molecule has 0 saturated carbocycles. The van der Waals surface area contributed by atoms with Crippen LogP contribution in [-0.4, -0.2) is 18.6 Å². The highest BCUT2D eigenvalue weighted by atomic mass is 127. The second-order valence-corrected chi connectivity index (χ2v) is 9.70. The van der Waals surface area contributed by atoms with Crippen molar-refractivity contribution in [1.82, 2.24) is 5.09 Å². The number of nitrogens with one attached hydrogen (secondary N) is 1. The van der Waals surface area contributed by atoms with Crippen molar-refractivity contribution in [3.63, 3.8) is 0 Å². The summed E-state index contributed by atoms with van der Waals surface area (Å²) in [5, 5.41) is -0.412. The van der Waals surface area contributed by atoms with E-state index in [-0.39, 0.29) is 12.5 Å². The third-order valence-corrected chi connectivity index (χ3v) is 4.93. The summed E-state index contributed by atoms with van der Waals surface area (Å²) in [7, 11) is 0. The van der Waals surface area contributed by atoms with Gasteiger partial charge in [-0.25, -0.2) is 9.65 Å². The number of esters is 1. The summed E-state index contributed by atoms with van der Waals surface area (Å²) in [4.78, 5) is 11.9. The lowest BCUT2D eigenvalue weighted by Gasteiger charge is -2.23. The minimum atomic E-state index is -3.18. The van der Waals surface area contributed by atoms with Crippen molar-refractivity contribution in [2.45, 2.75) is 26.8 Å². The second-order valence-electron chi connectivity index (χ2n) is 4.49. The fourth-order valence-electron chi connectivity index (χ4n) is 1.52. The molecule has 0 aromatic heterocycles. The van der Waals surface area contributed by atoms with Crippen molar-refractivity contribution < 1.29 is 18.6 Å². The van der Waals surface area contributed by atoms with E-state index in [9.17, 15) is 9.36 Å². The molecule has 0 aliphatic carbocycles. The van der Waals surface area contributed by atoms with E-state index in [0.717, 1.165) is 0 Å². The van der Waals surface area contributed by atoms with E-state index in [1.165, 1.54) is 0 Å². The van der Waals surface area contributed by atoms with E-state index in [1.54, 1.807) is 53.2 Å². The van der Waals surface area contributed by atoms with Gasteiger partial charge in [0.1, 0.15) is 11.8 Å². The Labute approximate surface area is 132 Å². The summed E-state index contributed by atoms with van der Waals surface area (Å²) in [5.41, 5.74) is 0. The van der Waals surface area contributed by atoms with Crippen LogP contribution in [0.3, 0.4) is 0 Å². The fourth-order valence-corrected chi connectivity index (χ4v) is 4.28. The third-order valence-electron chi connectivity index (χ3n) is 2.47. The molecule has 0 amide bonds. The van der Waals surface area contributed by atoms with E-state index in [2.05, 4.69) is 5.09 Å². The fraction of sp³-hybridized carbons (Fsp3) is 0.462. The lowest BCUT2D eigenvalue weighted by molar-refractivity contribution is -0.146. The number of benzene rings is 1. The van der Waals surface area contributed by atoms with Crippen molar-refractivity contribution in [2.24, 2.45) is 5.92 Å². The topological polar surface area (TPSA) is 64.6 Å². The van der Waals surface area contributed by atoms with Crippen LogP contribution < -0.4 is 9.61 Å². The predicted molar refractivity (Wildman–Crippen MR) is 87.1 cm³/mol. The van der Waals surface area contributed by atoms with Crippen LogP contribution >= 0.6 is 27.2 Å². The number of halogens is 1. The van der Waals surface area contributed by atoms with Gasteiger partial charge in [-0.3, -0.25) is 4.79 Å². The molecule has 0 aliphatic rings. The molecule has 112 valence electrons. The minimum absolute atomic E-state index is 0.0588. The Morgan fingerprint density at radius 1 is 1.35 bits per heavy atom. The summed E-state index contributed by atoms with van der Waals surface area (Å²) in [6, 6.07) is 8.17. The summed E-state index contributed by atoms with van der Waals surface area (Å²) in [6.07, 6.45) is 0. The summed E-state index contributed by atoms with van der Waals surface area (Å²) in [6.45, 7) is 5.73. The van der Waals surface area contributed by atoms with E-state index >= 15 is 0 Å². The van der Waals surface area contributed by atoms with E-state index in [4.69, 9.17) is 9.26 Å². The molecule has 7 heteroatoms.